The summed E-state index contributed by atoms with van der Waals surface area (Å²) in [7, 11) is -0.820. The molecule has 0 bridgehead atoms. The summed E-state index contributed by atoms with van der Waals surface area (Å²) in [5.41, 5.74) is -0.188. The fourth-order valence-corrected chi connectivity index (χ4v) is 3.13. The van der Waals surface area contributed by atoms with Crippen LogP contribution in [0.4, 0.5) is 4.39 Å². The van der Waals surface area contributed by atoms with Crippen LogP contribution >= 0.6 is 0 Å². The van der Waals surface area contributed by atoms with Gasteiger partial charge in [-0.25, -0.2) is 4.39 Å². The van der Waals surface area contributed by atoms with Crippen LogP contribution in [0.2, 0.25) is 0 Å². The van der Waals surface area contributed by atoms with E-state index in [0.717, 1.165) is 31.4 Å². The summed E-state index contributed by atoms with van der Waals surface area (Å²) in [5, 5.41) is 3.44. The van der Waals surface area contributed by atoms with Gasteiger partial charge in [0.25, 0.3) is 0 Å². The van der Waals surface area contributed by atoms with E-state index in [1.165, 1.54) is 0 Å². The Kier molecular flexibility index (Phi) is 3.08. The lowest BCUT2D eigenvalue weighted by Crippen LogP contribution is -2.50. The second kappa shape index (κ2) is 4.30. The van der Waals surface area contributed by atoms with E-state index in [1.54, 1.807) is 0 Å². The third-order valence-corrected chi connectivity index (χ3v) is 5.29. The van der Waals surface area contributed by atoms with Gasteiger partial charge in [-0.2, -0.15) is 0 Å². The van der Waals surface area contributed by atoms with Crippen LogP contribution in [0, 0.1) is 5.92 Å². The molecule has 3 nitrogen and oxygen atoms in total. The number of piperidine rings is 1. The predicted octanol–water partition coefficient (Wildman–Crippen LogP) is 2.61. The maximum Gasteiger partial charge on any atom is 0.525 e. The Labute approximate surface area is 115 Å². The van der Waals surface area contributed by atoms with Crippen LogP contribution in [0.3, 0.4) is 0 Å². The van der Waals surface area contributed by atoms with Gasteiger partial charge in [0.05, 0.1) is 11.2 Å². The quantitative estimate of drug-likeness (QED) is 0.741. The van der Waals surface area contributed by atoms with Crippen molar-refractivity contribution in [3.63, 3.8) is 0 Å². The Morgan fingerprint density at radius 3 is 2.37 bits per heavy atom. The summed E-state index contributed by atoms with van der Waals surface area (Å²) in [6.07, 6.45) is 3.02. The van der Waals surface area contributed by atoms with Crippen LogP contribution in [0.5, 0.6) is 0 Å². The lowest BCUT2D eigenvalue weighted by molar-refractivity contribution is 0.00578. The number of halogens is 1. The minimum atomic E-state index is -0.820. The Morgan fingerprint density at radius 1 is 1.21 bits per heavy atom. The van der Waals surface area contributed by atoms with Crippen molar-refractivity contribution in [3.05, 3.63) is 11.3 Å². The zero-order valence-electron chi connectivity index (χ0n) is 12.3. The van der Waals surface area contributed by atoms with Crippen molar-refractivity contribution in [2.75, 3.05) is 6.54 Å². The van der Waals surface area contributed by atoms with Crippen molar-refractivity contribution in [1.29, 1.82) is 0 Å². The van der Waals surface area contributed by atoms with E-state index in [9.17, 15) is 4.39 Å². The maximum absolute atomic E-state index is 14.7. The molecule has 1 N–H and O–H groups in total. The molecule has 0 amide bonds. The number of hydrogen-bond acceptors (Lipinski definition) is 3. The van der Waals surface area contributed by atoms with Crippen molar-refractivity contribution in [2.45, 2.75) is 64.2 Å². The zero-order valence-corrected chi connectivity index (χ0v) is 12.3. The van der Waals surface area contributed by atoms with Crippen LogP contribution in [0.25, 0.3) is 0 Å². The number of hydrogen-bond donors (Lipinski definition) is 1. The van der Waals surface area contributed by atoms with Gasteiger partial charge in [0.15, 0.2) is 0 Å². The third kappa shape index (κ3) is 2.06. The summed E-state index contributed by atoms with van der Waals surface area (Å²) in [4.78, 5) is 0. The first-order valence-electron chi connectivity index (χ1n) is 7.29. The first-order valence-corrected chi connectivity index (χ1v) is 7.29. The summed E-state index contributed by atoms with van der Waals surface area (Å²) in [5.74, 6) is 0.354. The molecule has 2 aliphatic heterocycles. The van der Waals surface area contributed by atoms with Gasteiger partial charge in [0.1, 0.15) is 5.73 Å². The van der Waals surface area contributed by atoms with E-state index in [-0.39, 0.29) is 5.73 Å². The van der Waals surface area contributed by atoms with Gasteiger partial charge < -0.3 is 14.6 Å². The molecule has 0 aromatic rings. The first kappa shape index (κ1) is 13.6. The fraction of sp³-hybridized carbons (Fsp3) is 0.857. The Bertz CT molecular complexity index is 406. The predicted molar refractivity (Wildman–Crippen MR) is 73.3 cm³/mol. The molecule has 0 spiro atoms. The van der Waals surface area contributed by atoms with Gasteiger partial charge in [-0.1, -0.05) is 0 Å². The SMILES string of the molecule is CC1(C)OB(C(F)=C2CCNC3CCC23)OC1(C)C. The van der Waals surface area contributed by atoms with Crippen LogP contribution in [-0.4, -0.2) is 30.9 Å². The summed E-state index contributed by atoms with van der Waals surface area (Å²) >= 11 is 0. The molecule has 0 aromatic carbocycles. The number of rotatable bonds is 1. The Morgan fingerprint density at radius 2 is 1.84 bits per heavy atom. The second-order valence-electron chi connectivity index (χ2n) is 6.96. The normalized spacial score (nSPS) is 38.7. The van der Waals surface area contributed by atoms with Crippen LogP contribution in [-0.2, 0) is 9.31 Å². The molecular weight excluding hydrogens is 244 g/mol. The summed E-state index contributed by atoms with van der Waals surface area (Å²) < 4.78 is 26.4. The fourth-order valence-electron chi connectivity index (χ4n) is 3.13. The van der Waals surface area contributed by atoms with Gasteiger partial charge in [0.2, 0.25) is 0 Å². The van der Waals surface area contributed by atoms with Gasteiger partial charge >= 0.3 is 7.12 Å². The Balaban J connectivity index is 1.83. The molecule has 3 rings (SSSR count). The lowest BCUT2D eigenvalue weighted by Gasteiger charge is -2.43. The molecule has 5 heteroatoms. The molecule has 2 heterocycles. The first-order chi connectivity index (χ1) is 8.82. The molecule has 0 radical (unpaired) electrons. The Hall–Kier alpha value is -0.385. The minimum absolute atomic E-state index is 0.171. The van der Waals surface area contributed by atoms with E-state index in [0.29, 0.717) is 12.0 Å². The molecule has 2 unspecified atom stereocenters. The average molecular weight is 267 g/mol. The third-order valence-electron chi connectivity index (χ3n) is 5.29. The molecule has 3 fully saturated rings. The van der Waals surface area contributed by atoms with Crippen LogP contribution in [0.1, 0.15) is 47.0 Å². The van der Waals surface area contributed by atoms with Crippen molar-refractivity contribution >= 4 is 7.12 Å². The molecule has 2 saturated heterocycles. The standard InChI is InChI=1S/C14H23BFNO2/c1-13(2)14(3,4)19-15(18-13)12(16)10-7-8-17-11-6-5-9(10)11/h9,11,17H,5-8H2,1-4H3. The van der Waals surface area contributed by atoms with Crippen molar-refractivity contribution in [3.8, 4) is 0 Å². The van der Waals surface area contributed by atoms with E-state index in [4.69, 9.17) is 9.31 Å². The van der Waals surface area contributed by atoms with E-state index < -0.39 is 18.3 Å². The highest BCUT2D eigenvalue weighted by Gasteiger charge is 2.54. The van der Waals surface area contributed by atoms with E-state index in [1.807, 2.05) is 27.7 Å². The molecule has 2 atom stereocenters. The van der Waals surface area contributed by atoms with Gasteiger partial charge in [-0.15, -0.1) is 0 Å². The topological polar surface area (TPSA) is 30.5 Å². The summed E-state index contributed by atoms with van der Waals surface area (Å²) in [6, 6.07) is 0.469. The largest absolute Gasteiger partial charge is 0.525 e. The summed E-state index contributed by atoms with van der Waals surface area (Å²) in [6.45, 7) is 8.70. The molecule has 19 heavy (non-hydrogen) atoms. The van der Waals surface area contributed by atoms with Gasteiger partial charge in [0, 0.05) is 6.04 Å². The zero-order chi connectivity index (χ0) is 13.8. The van der Waals surface area contributed by atoms with E-state index in [2.05, 4.69) is 5.32 Å². The molecular formula is C14H23BFNO2. The van der Waals surface area contributed by atoms with Crippen LogP contribution < -0.4 is 5.32 Å². The highest BCUT2D eigenvalue weighted by atomic mass is 19.1. The van der Waals surface area contributed by atoms with Gasteiger partial charge in [-0.3, -0.25) is 0 Å². The minimum Gasteiger partial charge on any atom is -0.398 e. The number of fused-ring (bicyclic) bond motifs is 1. The highest BCUT2D eigenvalue weighted by Crippen LogP contribution is 2.44. The highest BCUT2D eigenvalue weighted by molar-refractivity contribution is 6.53. The molecule has 1 saturated carbocycles. The lowest BCUT2D eigenvalue weighted by atomic mass is 9.67. The monoisotopic (exact) mass is 267 g/mol. The molecule has 0 aromatic heterocycles. The average Bonchev–Trinajstić information content (AvgIpc) is 2.48. The maximum atomic E-state index is 14.7. The van der Waals surface area contributed by atoms with Crippen LogP contribution in [0.15, 0.2) is 11.3 Å². The molecule has 1 aliphatic carbocycles. The number of nitrogens with one attached hydrogen (secondary N) is 1. The van der Waals surface area contributed by atoms with E-state index >= 15 is 0 Å². The molecule has 106 valence electrons. The molecule has 3 aliphatic rings. The van der Waals surface area contributed by atoms with Gasteiger partial charge in [-0.05, 0) is 65.0 Å². The second-order valence-corrected chi connectivity index (χ2v) is 6.96. The smallest absolute Gasteiger partial charge is 0.398 e. The van der Waals surface area contributed by atoms with Crippen molar-refractivity contribution in [2.24, 2.45) is 5.92 Å². The van der Waals surface area contributed by atoms with Crippen molar-refractivity contribution < 1.29 is 13.7 Å². The van der Waals surface area contributed by atoms with Crippen molar-refractivity contribution in [1.82, 2.24) is 5.32 Å².